The Hall–Kier alpha value is -1.96. The molecule has 42 heavy (non-hydrogen) atoms. The van der Waals surface area contributed by atoms with Crippen LogP contribution >= 0.6 is 17.0 Å². The second-order valence-electron chi connectivity index (χ2n) is 12.7. The molecule has 0 N–H and O–H groups in total. The van der Waals surface area contributed by atoms with E-state index in [2.05, 4.69) is 138 Å². The molecular formula is C38H41Cl2SiZr. The molecule has 2 unspecified atom stereocenters. The van der Waals surface area contributed by atoms with Crippen molar-refractivity contribution in [2.75, 3.05) is 0 Å². The normalized spacial score (nSPS) is 18.7. The third-order valence-corrected chi connectivity index (χ3v) is 61.8. The predicted molar refractivity (Wildman–Crippen MR) is 186 cm³/mol. The third kappa shape index (κ3) is 4.64. The zero-order valence-electron chi connectivity index (χ0n) is 25.6. The fourth-order valence-corrected chi connectivity index (χ4v) is 39.6. The van der Waals surface area contributed by atoms with Crippen LogP contribution in [0.5, 0.6) is 0 Å². The number of allylic oxidation sites excluding steroid dienone is 2. The van der Waals surface area contributed by atoms with Crippen molar-refractivity contribution in [1.82, 2.24) is 0 Å². The summed E-state index contributed by atoms with van der Waals surface area (Å²) in [4.78, 5) is 0. The first-order valence-corrected chi connectivity index (χ1v) is 31.8. The van der Waals surface area contributed by atoms with Crippen molar-refractivity contribution < 1.29 is 15.6 Å². The number of fused-ring (bicyclic) bond motifs is 2. The molecule has 0 aliphatic heterocycles. The van der Waals surface area contributed by atoms with E-state index in [1.807, 2.05) is 0 Å². The molecule has 4 aromatic carbocycles. The Kier molecular flexibility index (Phi) is 8.02. The molecule has 0 saturated heterocycles. The van der Waals surface area contributed by atoms with Crippen LogP contribution in [0.25, 0.3) is 34.4 Å². The molecule has 0 fully saturated rings. The Morgan fingerprint density at radius 1 is 0.619 bits per heavy atom. The molecule has 0 bridgehead atoms. The van der Waals surface area contributed by atoms with Gasteiger partial charge in [0.15, 0.2) is 0 Å². The summed E-state index contributed by atoms with van der Waals surface area (Å²) in [6.45, 7) is 13.8. The number of benzene rings is 4. The maximum atomic E-state index is 8.55. The molecular weight excluding hydrogens is 647 g/mol. The van der Waals surface area contributed by atoms with Gasteiger partial charge in [-0.25, -0.2) is 0 Å². The number of rotatable bonds is 7. The zero-order chi connectivity index (χ0) is 29.8. The van der Waals surface area contributed by atoms with Crippen LogP contribution in [-0.2, 0) is 15.6 Å². The van der Waals surface area contributed by atoms with E-state index in [0.717, 1.165) is 12.8 Å². The van der Waals surface area contributed by atoms with E-state index in [1.165, 1.54) is 66.8 Å². The van der Waals surface area contributed by atoms with Gasteiger partial charge in [-0.2, -0.15) is 0 Å². The molecule has 0 amide bonds. The zero-order valence-corrected chi connectivity index (χ0v) is 30.8. The first kappa shape index (κ1) is 30.1. The van der Waals surface area contributed by atoms with Crippen molar-refractivity contribution in [2.24, 2.45) is 0 Å². The van der Waals surface area contributed by atoms with Crippen molar-refractivity contribution in [3.63, 3.8) is 0 Å². The van der Waals surface area contributed by atoms with Crippen LogP contribution < -0.4 is 0 Å². The van der Waals surface area contributed by atoms with Crippen LogP contribution in [0.3, 0.4) is 0 Å². The van der Waals surface area contributed by atoms with Crippen LogP contribution in [0, 0.1) is 13.8 Å². The fourth-order valence-electron chi connectivity index (χ4n) is 7.81. The summed E-state index contributed by atoms with van der Waals surface area (Å²) in [7, 11) is 17.1. The van der Waals surface area contributed by atoms with Gasteiger partial charge in [0.05, 0.1) is 0 Å². The summed E-state index contributed by atoms with van der Waals surface area (Å²) >= 11 is -4.73. The minimum absolute atomic E-state index is 0.125. The Morgan fingerprint density at radius 2 is 1.02 bits per heavy atom. The molecule has 0 spiro atoms. The van der Waals surface area contributed by atoms with Gasteiger partial charge >= 0.3 is 263 Å². The van der Waals surface area contributed by atoms with E-state index < -0.39 is 21.5 Å². The SMILES string of the molecule is CCC1=Cc2c(-c3cccc(C)c3)cccc2[CH]1[Zr]([Cl])([Cl])([CH]1C(CC)=Cc2c(-c3cccc(C)c3)cccc21)[SiH](C)C. The van der Waals surface area contributed by atoms with Crippen LogP contribution in [0.1, 0.15) is 67.3 Å². The second kappa shape index (κ2) is 11.2. The molecule has 0 radical (unpaired) electrons. The molecule has 4 heteroatoms. The molecule has 4 aromatic rings. The molecule has 215 valence electrons. The van der Waals surface area contributed by atoms with E-state index in [0.29, 0.717) is 0 Å². The molecule has 0 heterocycles. The van der Waals surface area contributed by atoms with E-state index in [9.17, 15) is 0 Å². The quantitative estimate of drug-likeness (QED) is 0.170. The average Bonchev–Trinajstić information content (AvgIpc) is 3.57. The Bertz CT molecular complexity index is 1640. The monoisotopic (exact) mass is 685 g/mol. The fraction of sp³-hybridized carbons (Fsp3) is 0.263. The summed E-state index contributed by atoms with van der Waals surface area (Å²) in [5, 5.41) is 0. The second-order valence-corrected chi connectivity index (χ2v) is 55.3. The molecule has 0 nitrogen and oxygen atoms in total. The summed E-state index contributed by atoms with van der Waals surface area (Å²) in [5.41, 5.74) is 15.9. The predicted octanol–water partition coefficient (Wildman–Crippen LogP) is 12.0. The van der Waals surface area contributed by atoms with Crippen LogP contribution in [-0.4, -0.2) is 5.92 Å². The van der Waals surface area contributed by atoms with E-state index >= 15 is 0 Å². The molecule has 0 aromatic heterocycles. The Morgan fingerprint density at radius 3 is 1.38 bits per heavy atom. The minimum atomic E-state index is -4.73. The average molecular weight is 688 g/mol. The Labute approximate surface area is 261 Å². The first-order valence-electron chi connectivity index (χ1n) is 15.5. The summed E-state index contributed by atoms with van der Waals surface area (Å²) in [6.07, 6.45) is 6.85. The van der Waals surface area contributed by atoms with Gasteiger partial charge in [-0.15, -0.1) is 0 Å². The van der Waals surface area contributed by atoms with Crippen LogP contribution in [0.15, 0.2) is 96.1 Å². The van der Waals surface area contributed by atoms with Crippen molar-refractivity contribution >= 4 is 35.1 Å². The molecule has 2 aliphatic rings. The van der Waals surface area contributed by atoms with Gasteiger partial charge in [-0.3, -0.25) is 0 Å². The van der Waals surface area contributed by atoms with Crippen LogP contribution in [0.2, 0.25) is 13.1 Å². The van der Waals surface area contributed by atoms with Gasteiger partial charge in [-0.1, -0.05) is 0 Å². The van der Waals surface area contributed by atoms with Gasteiger partial charge in [-0.05, 0) is 0 Å². The summed E-state index contributed by atoms with van der Waals surface area (Å²) < 4.78 is 0.249. The van der Waals surface area contributed by atoms with Gasteiger partial charge < -0.3 is 0 Å². The summed E-state index contributed by atoms with van der Waals surface area (Å²) in [6, 6.07) is 31.4. The topological polar surface area (TPSA) is 0 Å². The number of hydrogen-bond donors (Lipinski definition) is 0. The van der Waals surface area contributed by atoms with Crippen LogP contribution in [0.4, 0.5) is 0 Å². The van der Waals surface area contributed by atoms with Gasteiger partial charge in [0, 0.05) is 0 Å². The van der Waals surface area contributed by atoms with Crippen molar-refractivity contribution in [2.45, 2.75) is 60.9 Å². The third-order valence-electron chi connectivity index (χ3n) is 9.98. The first-order chi connectivity index (χ1) is 20.1. The van der Waals surface area contributed by atoms with Crippen molar-refractivity contribution in [3.8, 4) is 22.3 Å². The molecule has 2 atom stereocenters. The number of halogens is 2. The van der Waals surface area contributed by atoms with E-state index in [1.54, 1.807) is 0 Å². The standard InChI is InChI=1S/2C18H17.C2H7Si.2ClH.Zr/c2*1-3-14-11-16-8-5-9-17(18(16)12-14)15-7-4-6-13(2)10-15;1-3-2;;;/h2*4-12H,3H2,1-2H3;3H,1-2H3;2*1H;/q;;;;;+2/p-2. The number of hydrogen-bond acceptors (Lipinski definition) is 0. The molecule has 6 rings (SSSR count). The van der Waals surface area contributed by atoms with Crippen molar-refractivity contribution in [3.05, 3.63) is 129 Å². The van der Waals surface area contributed by atoms with E-state index in [4.69, 9.17) is 17.0 Å². The maximum absolute atomic E-state index is 8.55. The van der Waals surface area contributed by atoms with Gasteiger partial charge in [0.1, 0.15) is 0 Å². The number of aryl methyl sites for hydroxylation is 2. The van der Waals surface area contributed by atoms with Gasteiger partial charge in [0.2, 0.25) is 0 Å². The van der Waals surface area contributed by atoms with Gasteiger partial charge in [0.25, 0.3) is 0 Å². The molecule has 0 saturated carbocycles. The molecule has 2 aliphatic carbocycles. The van der Waals surface area contributed by atoms with E-state index in [-0.39, 0.29) is 7.25 Å². The Balaban J connectivity index is 1.59. The van der Waals surface area contributed by atoms with Crippen molar-refractivity contribution in [1.29, 1.82) is 0 Å². The summed E-state index contributed by atoms with van der Waals surface area (Å²) in [5.74, 6) is -1.58.